The maximum Gasteiger partial charge on any atom is 0.231 e. The molecule has 2 heterocycles. The van der Waals surface area contributed by atoms with E-state index in [4.69, 9.17) is 14.2 Å². The molecule has 0 saturated carbocycles. The van der Waals surface area contributed by atoms with E-state index < -0.39 is 0 Å². The zero-order chi connectivity index (χ0) is 21.3. The van der Waals surface area contributed by atoms with E-state index in [9.17, 15) is 9.90 Å². The van der Waals surface area contributed by atoms with Gasteiger partial charge in [0.1, 0.15) is 17.6 Å². The molecule has 30 heavy (non-hydrogen) atoms. The third-order valence-electron chi connectivity index (χ3n) is 6.43. The molecule has 1 atom stereocenters. The van der Waals surface area contributed by atoms with Gasteiger partial charge >= 0.3 is 0 Å². The number of benzene rings is 2. The Balaban J connectivity index is 1.57. The van der Waals surface area contributed by atoms with Crippen molar-refractivity contribution in [2.24, 2.45) is 0 Å². The van der Waals surface area contributed by atoms with Gasteiger partial charge in [0.15, 0.2) is 11.5 Å². The van der Waals surface area contributed by atoms with Crippen molar-refractivity contribution in [2.75, 3.05) is 34.5 Å². The van der Waals surface area contributed by atoms with Crippen molar-refractivity contribution in [3.8, 4) is 17.2 Å². The molecular formula is C24H30NO5+. The Hall–Kier alpha value is -2.57. The summed E-state index contributed by atoms with van der Waals surface area (Å²) in [7, 11) is 5.97. The molecule has 1 N–H and O–H groups in total. The molecule has 6 heteroatoms. The summed E-state index contributed by atoms with van der Waals surface area (Å²) in [6.07, 6.45) is 2.51. The molecule has 2 aliphatic rings. The summed E-state index contributed by atoms with van der Waals surface area (Å²) >= 11 is 0. The Labute approximate surface area is 177 Å². The minimum Gasteiger partial charge on any atom is -0.497 e. The molecule has 0 saturated heterocycles. The number of hydrogen-bond donors (Lipinski definition) is 1. The molecule has 2 aliphatic heterocycles. The van der Waals surface area contributed by atoms with Gasteiger partial charge in [0, 0.05) is 24.0 Å². The highest BCUT2D eigenvalue weighted by Crippen LogP contribution is 2.47. The van der Waals surface area contributed by atoms with Crippen molar-refractivity contribution < 1.29 is 28.6 Å². The Morgan fingerprint density at radius 3 is 2.87 bits per heavy atom. The maximum atomic E-state index is 13.0. The number of likely N-dealkylation sites (N-methyl/N-ethyl adjacent to an activating group) is 1. The molecule has 0 radical (unpaired) electrons. The molecule has 6 nitrogen and oxygen atoms in total. The van der Waals surface area contributed by atoms with Gasteiger partial charge in [-0.3, -0.25) is 4.79 Å². The van der Waals surface area contributed by atoms with Crippen LogP contribution >= 0.6 is 0 Å². The molecule has 4 rings (SSSR count). The number of Topliss-reactive ketones (excluding diaryl/α,β-unsaturated/α-hetero) is 1. The number of aliphatic hydroxyl groups is 1. The van der Waals surface area contributed by atoms with Gasteiger partial charge in [-0.15, -0.1) is 0 Å². The fraction of sp³-hybridized carbons (Fsp3) is 0.458. The minimum atomic E-state index is -0.122. The summed E-state index contributed by atoms with van der Waals surface area (Å²) in [5.41, 5.74) is 4.09. The number of nitrogens with zero attached hydrogens (tertiary/aromatic N) is 1. The summed E-state index contributed by atoms with van der Waals surface area (Å²) in [5, 5.41) is 10.1. The number of aliphatic hydroxyl groups excluding tert-OH is 1. The van der Waals surface area contributed by atoms with Gasteiger partial charge < -0.3 is 23.8 Å². The first kappa shape index (κ1) is 20.7. The quantitative estimate of drug-likeness (QED) is 0.708. The van der Waals surface area contributed by atoms with Crippen molar-refractivity contribution in [1.29, 1.82) is 0 Å². The summed E-state index contributed by atoms with van der Waals surface area (Å²) in [4.78, 5) is 13.0. The average Bonchev–Trinajstić information content (AvgIpc) is 3.21. The van der Waals surface area contributed by atoms with E-state index >= 15 is 0 Å². The molecule has 0 aromatic heterocycles. The lowest BCUT2D eigenvalue weighted by molar-refractivity contribution is -0.922. The van der Waals surface area contributed by atoms with Crippen molar-refractivity contribution in [2.45, 2.75) is 38.3 Å². The number of carbonyl (C=O) groups is 1. The zero-order valence-corrected chi connectivity index (χ0v) is 17.9. The standard InChI is InChI=1S/C24H30NO5/c1-25(2)10-9-17-12-22-24(30-15-29-22)20(14-26)23(17)21(25)13-18(27)8-7-16-5-4-6-19(11-16)28-3/h4-6,11-12,21,26H,7-10,13-15H2,1-3H3/q+1. The third-order valence-corrected chi connectivity index (χ3v) is 6.43. The Bertz CT molecular complexity index is 953. The van der Waals surface area contributed by atoms with E-state index in [1.165, 1.54) is 0 Å². The first-order valence-electron chi connectivity index (χ1n) is 10.5. The largest absolute Gasteiger partial charge is 0.497 e. The van der Waals surface area contributed by atoms with E-state index in [1.807, 2.05) is 30.3 Å². The van der Waals surface area contributed by atoms with E-state index in [-0.39, 0.29) is 25.2 Å². The highest BCUT2D eigenvalue weighted by atomic mass is 16.7. The molecular weight excluding hydrogens is 382 g/mol. The van der Waals surface area contributed by atoms with Crippen molar-refractivity contribution >= 4 is 5.78 Å². The Kier molecular flexibility index (Phi) is 5.71. The van der Waals surface area contributed by atoms with Crippen LogP contribution in [-0.2, 0) is 24.2 Å². The van der Waals surface area contributed by atoms with E-state index in [0.29, 0.717) is 35.2 Å². The number of fused-ring (bicyclic) bond motifs is 2. The van der Waals surface area contributed by atoms with Crippen LogP contribution < -0.4 is 14.2 Å². The average molecular weight is 413 g/mol. The Morgan fingerprint density at radius 1 is 1.27 bits per heavy atom. The summed E-state index contributed by atoms with van der Waals surface area (Å²) < 4.78 is 17.2. The van der Waals surface area contributed by atoms with Gasteiger partial charge in [-0.05, 0) is 35.7 Å². The van der Waals surface area contributed by atoms with Gasteiger partial charge in [0.25, 0.3) is 0 Å². The second kappa shape index (κ2) is 8.28. The molecule has 0 fully saturated rings. The number of ether oxygens (including phenoxy) is 3. The van der Waals surface area contributed by atoms with Crippen LogP contribution in [-0.4, -0.2) is 49.9 Å². The number of rotatable bonds is 7. The molecule has 0 aliphatic carbocycles. The number of carbonyl (C=O) groups excluding carboxylic acids is 1. The van der Waals surface area contributed by atoms with Crippen LogP contribution in [0.2, 0.25) is 0 Å². The molecule has 2 aromatic carbocycles. The number of methoxy groups -OCH3 is 1. The van der Waals surface area contributed by atoms with Crippen LogP contribution in [0.4, 0.5) is 0 Å². The van der Waals surface area contributed by atoms with Crippen LogP contribution in [0.5, 0.6) is 17.2 Å². The third kappa shape index (κ3) is 3.89. The minimum absolute atomic E-state index is 0.0109. The van der Waals surface area contributed by atoms with Gasteiger partial charge in [-0.1, -0.05) is 12.1 Å². The number of aryl methyl sites for hydroxylation is 1. The topological polar surface area (TPSA) is 65.0 Å². The van der Waals surface area contributed by atoms with Gasteiger partial charge in [-0.2, -0.15) is 0 Å². The fourth-order valence-electron chi connectivity index (χ4n) is 4.66. The lowest BCUT2D eigenvalue weighted by Gasteiger charge is -2.43. The van der Waals surface area contributed by atoms with Crippen molar-refractivity contribution in [3.63, 3.8) is 0 Å². The van der Waals surface area contributed by atoms with Crippen LogP contribution in [0.1, 0.15) is 41.1 Å². The van der Waals surface area contributed by atoms with Crippen molar-refractivity contribution in [1.82, 2.24) is 0 Å². The van der Waals surface area contributed by atoms with Crippen molar-refractivity contribution in [3.05, 3.63) is 52.6 Å². The predicted octanol–water partition coefficient (Wildman–Crippen LogP) is 3.18. The SMILES string of the molecule is COc1cccc(CCC(=O)CC2c3c(cc4c(c3CO)OCO4)CC[N+]2(C)C)c1. The second-order valence-corrected chi connectivity index (χ2v) is 8.68. The molecule has 1 unspecified atom stereocenters. The molecule has 2 aromatic rings. The molecule has 0 amide bonds. The highest BCUT2D eigenvalue weighted by Gasteiger charge is 2.41. The number of ketones is 1. The van der Waals surface area contributed by atoms with Gasteiger partial charge in [0.2, 0.25) is 6.79 Å². The normalized spacial score (nSPS) is 18.7. The first-order chi connectivity index (χ1) is 14.4. The summed E-state index contributed by atoms with van der Waals surface area (Å²) in [5.74, 6) is 2.37. The summed E-state index contributed by atoms with van der Waals surface area (Å²) in [6, 6.07) is 9.88. The van der Waals surface area contributed by atoms with Gasteiger partial charge in [0.05, 0.1) is 40.8 Å². The second-order valence-electron chi connectivity index (χ2n) is 8.68. The maximum absolute atomic E-state index is 13.0. The lowest BCUT2D eigenvalue weighted by Crippen LogP contribution is -2.49. The molecule has 0 spiro atoms. The van der Waals surface area contributed by atoms with Crippen LogP contribution in [0, 0.1) is 0 Å². The number of hydrogen-bond acceptors (Lipinski definition) is 5. The predicted molar refractivity (Wildman–Crippen MR) is 113 cm³/mol. The fourth-order valence-corrected chi connectivity index (χ4v) is 4.66. The zero-order valence-electron chi connectivity index (χ0n) is 17.9. The van der Waals surface area contributed by atoms with E-state index in [1.54, 1.807) is 7.11 Å². The van der Waals surface area contributed by atoms with Crippen LogP contribution in [0.3, 0.4) is 0 Å². The monoisotopic (exact) mass is 412 g/mol. The van der Waals surface area contributed by atoms with Crippen LogP contribution in [0.25, 0.3) is 0 Å². The molecule has 0 bridgehead atoms. The van der Waals surface area contributed by atoms with E-state index in [2.05, 4.69) is 14.1 Å². The van der Waals surface area contributed by atoms with E-state index in [0.717, 1.165) is 41.0 Å². The Morgan fingerprint density at radius 2 is 2.10 bits per heavy atom. The first-order valence-corrected chi connectivity index (χ1v) is 10.5. The summed E-state index contributed by atoms with van der Waals surface area (Å²) in [6.45, 7) is 0.988. The van der Waals surface area contributed by atoms with Crippen LogP contribution in [0.15, 0.2) is 30.3 Å². The smallest absolute Gasteiger partial charge is 0.231 e. The number of quaternary nitrogens is 1. The highest BCUT2D eigenvalue weighted by molar-refractivity contribution is 5.79. The molecule has 160 valence electrons. The van der Waals surface area contributed by atoms with Gasteiger partial charge in [-0.25, -0.2) is 0 Å². The lowest BCUT2D eigenvalue weighted by atomic mass is 9.83.